The van der Waals surface area contributed by atoms with Gasteiger partial charge in [-0.3, -0.25) is 9.59 Å². The highest BCUT2D eigenvalue weighted by Gasteiger charge is 2.28. The lowest BCUT2D eigenvalue weighted by atomic mass is 10.2. The minimum Gasteiger partial charge on any atom is -0.336 e. The molecule has 1 saturated heterocycles. The van der Waals surface area contributed by atoms with Gasteiger partial charge in [-0.05, 0) is 19.1 Å². The molecule has 20 heavy (non-hydrogen) atoms. The number of carbonyl (C=O) groups is 1. The number of rotatable bonds is 3. The van der Waals surface area contributed by atoms with Gasteiger partial charge < -0.3 is 9.88 Å². The lowest BCUT2D eigenvalue weighted by Gasteiger charge is -2.33. The first-order chi connectivity index (χ1) is 9.45. The molecule has 0 radical (unpaired) electrons. The summed E-state index contributed by atoms with van der Waals surface area (Å²) in [6.07, 6.45) is 1.46. The molecular formula is C12H17N3O4S. The molecular weight excluding hydrogens is 282 g/mol. The van der Waals surface area contributed by atoms with E-state index in [2.05, 4.69) is 4.98 Å². The Morgan fingerprint density at radius 2 is 1.95 bits per heavy atom. The van der Waals surface area contributed by atoms with Crippen molar-refractivity contribution in [3.05, 3.63) is 34.2 Å². The number of sulfonamides is 1. The highest BCUT2D eigenvalue weighted by molar-refractivity contribution is 7.89. The predicted octanol–water partition coefficient (Wildman–Crippen LogP) is -0.518. The van der Waals surface area contributed by atoms with Crippen molar-refractivity contribution in [1.82, 2.24) is 14.2 Å². The molecule has 1 aromatic heterocycles. The quantitative estimate of drug-likeness (QED) is 0.813. The summed E-state index contributed by atoms with van der Waals surface area (Å²) >= 11 is 0. The van der Waals surface area contributed by atoms with Gasteiger partial charge in [0.05, 0.1) is 5.75 Å². The molecule has 1 N–H and O–H groups in total. The van der Waals surface area contributed by atoms with Crippen molar-refractivity contribution in [3.8, 4) is 0 Å². The minimum atomic E-state index is -3.22. The number of aromatic amines is 1. The summed E-state index contributed by atoms with van der Waals surface area (Å²) in [4.78, 5) is 27.7. The first kappa shape index (κ1) is 14.7. The van der Waals surface area contributed by atoms with E-state index < -0.39 is 15.6 Å². The zero-order chi connectivity index (χ0) is 14.8. The lowest BCUT2D eigenvalue weighted by molar-refractivity contribution is 0.0696. The van der Waals surface area contributed by atoms with Crippen LogP contribution in [0, 0.1) is 0 Å². The number of piperazine rings is 1. The minimum absolute atomic E-state index is 0.0549. The maximum atomic E-state index is 12.2. The summed E-state index contributed by atoms with van der Waals surface area (Å²) in [7, 11) is -3.22. The normalized spacial score (nSPS) is 17.1. The summed E-state index contributed by atoms with van der Waals surface area (Å²) in [5.74, 6) is -0.306. The Balaban J connectivity index is 2.07. The second-order valence-corrected chi connectivity index (χ2v) is 6.76. The summed E-state index contributed by atoms with van der Waals surface area (Å²) in [5.41, 5.74) is -0.347. The van der Waals surface area contributed by atoms with E-state index in [9.17, 15) is 18.0 Å². The third-order valence-electron chi connectivity index (χ3n) is 3.33. The molecule has 110 valence electrons. The Morgan fingerprint density at radius 3 is 2.50 bits per heavy atom. The van der Waals surface area contributed by atoms with Gasteiger partial charge in [0.2, 0.25) is 10.0 Å². The topological polar surface area (TPSA) is 90.6 Å². The van der Waals surface area contributed by atoms with Crippen LogP contribution in [0.25, 0.3) is 0 Å². The number of carbonyl (C=O) groups excluding carboxylic acids is 1. The Morgan fingerprint density at radius 1 is 1.30 bits per heavy atom. The van der Waals surface area contributed by atoms with Gasteiger partial charge in [0.15, 0.2) is 0 Å². The second kappa shape index (κ2) is 5.76. The highest BCUT2D eigenvalue weighted by atomic mass is 32.2. The van der Waals surface area contributed by atoms with Gasteiger partial charge >= 0.3 is 0 Å². The van der Waals surface area contributed by atoms with E-state index in [-0.39, 0.29) is 30.3 Å². The van der Waals surface area contributed by atoms with Gasteiger partial charge in [0, 0.05) is 32.4 Å². The number of aromatic nitrogens is 1. The van der Waals surface area contributed by atoms with Crippen molar-refractivity contribution >= 4 is 15.9 Å². The number of hydrogen-bond acceptors (Lipinski definition) is 4. The number of nitrogens with one attached hydrogen (secondary N) is 1. The molecule has 0 spiro atoms. The van der Waals surface area contributed by atoms with Crippen molar-refractivity contribution in [2.45, 2.75) is 6.92 Å². The van der Waals surface area contributed by atoms with Crippen LogP contribution in [0.5, 0.6) is 0 Å². The highest BCUT2D eigenvalue weighted by Crippen LogP contribution is 2.10. The first-order valence-corrected chi connectivity index (χ1v) is 8.01. The van der Waals surface area contributed by atoms with E-state index in [1.807, 2.05) is 0 Å². The van der Waals surface area contributed by atoms with Gasteiger partial charge in [0.25, 0.3) is 11.5 Å². The monoisotopic (exact) mass is 299 g/mol. The summed E-state index contributed by atoms with van der Waals surface area (Å²) < 4.78 is 24.8. The maximum Gasteiger partial charge on any atom is 0.260 e. The zero-order valence-electron chi connectivity index (χ0n) is 11.2. The molecule has 1 aromatic rings. The van der Waals surface area contributed by atoms with Crippen molar-refractivity contribution in [3.63, 3.8) is 0 Å². The molecule has 1 amide bonds. The smallest absolute Gasteiger partial charge is 0.260 e. The molecule has 0 atom stereocenters. The summed E-state index contributed by atoms with van der Waals surface area (Å²) in [5, 5.41) is 0. The predicted molar refractivity (Wildman–Crippen MR) is 74.0 cm³/mol. The molecule has 0 unspecified atom stereocenters. The number of amides is 1. The lowest BCUT2D eigenvalue weighted by Crippen LogP contribution is -2.51. The van der Waals surface area contributed by atoms with Crippen LogP contribution < -0.4 is 5.56 Å². The molecule has 1 aliphatic rings. The molecule has 1 aliphatic heterocycles. The van der Waals surface area contributed by atoms with Crippen molar-refractivity contribution in [2.24, 2.45) is 0 Å². The number of nitrogens with zero attached hydrogens (tertiary/aromatic N) is 2. The third kappa shape index (κ3) is 2.91. The van der Waals surface area contributed by atoms with Gasteiger partial charge in [-0.2, -0.15) is 4.31 Å². The first-order valence-electron chi connectivity index (χ1n) is 6.40. The maximum absolute atomic E-state index is 12.2. The molecule has 0 aromatic carbocycles. The van der Waals surface area contributed by atoms with Gasteiger partial charge in [-0.25, -0.2) is 8.42 Å². The van der Waals surface area contributed by atoms with Crippen LogP contribution in [-0.4, -0.2) is 60.4 Å². The summed E-state index contributed by atoms with van der Waals surface area (Å²) in [6.45, 7) is 2.73. The average Bonchev–Trinajstić information content (AvgIpc) is 2.47. The molecule has 2 heterocycles. The van der Waals surface area contributed by atoms with Gasteiger partial charge in [-0.15, -0.1) is 0 Å². The zero-order valence-corrected chi connectivity index (χ0v) is 12.0. The van der Waals surface area contributed by atoms with Crippen molar-refractivity contribution < 1.29 is 13.2 Å². The Labute approximate surface area is 117 Å². The SMILES string of the molecule is CCS(=O)(=O)N1CCN(C(=O)c2ccc[nH]c2=O)CC1. The van der Waals surface area contributed by atoms with Crippen LogP contribution in [-0.2, 0) is 10.0 Å². The van der Waals surface area contributed by atoms with Crippen LogP contribution >= 0.6 is 0 Å². The van der Waals surface area contributed by atoms with Crippen LogP contribution in [0.1, 0.15) is 17.3 Å². The van der Waals surface area contributed by atoms with Gasteiger partial charge in [0.1, 0.15) is 5.56 Å². The van der Waals surface area contributed by atoms with E-state index in [1.165, 1.54) is 21.5 Å². The number of pyridine rings is 1. The fourth-order valence-electron chi connectivity index (χ4n) is 2.11. The molecule has 0 bridgehead atoms. The van der Waals surface area contributed by atoms with E-state index >= 15 is 0 Å². The van der Waals surface area contributed by atoms with Crippen LogP contribution in [0.15, 0.2) is 23.1 Å². The molecule has 1 fully saturated rings. The Bertz CT molecular complexity index is 645. The van der Waals surface area contributed by atoms with E-state index in [0.29, 0.717) is 13.1 Å². The molecule has 0 saturated carbocycles. The standard InChI is InChI=1S/C12H17N3O4S/c1-2-20(18,19)15-8-6-14(7-9-15)12(17)10-4-3-5-13-11(10)16/h3-5H,2,6-9H2,1H3,(H,13,16). The summed E-state index contributed by atoms with van der Waals surface area (Å²) in [6, 6.07) is 3.06. The van der Waals surface area contributed by atoms with E-state index in [1.54, 1.807) is 13.0 Å². The molecule has 0 aliphatic carbocycles. The largest absolute Gasteiger partial charge is 0.336 e. The van der Waals surface area contributed by atoms with Crippen molar-refractivity contribution in [1.29, 1.82) is 0 Å². The van der Waals surface area contributed by atoms with Crippen molar-refractivity contribution in [2.75, 3.05) is 31.9 Å². The molecule has 7 nitrogen and oxygen atoms in total. The fraction of sp³-hybridized carbons (Fsp3) is 0.500. The molecule has 2 rings (SSSR count). The Kier molecular flexibility index (Phi) is 4.24. The van der Waals surface area contributed by atoms with Crippen LogP contribution in [0.4, 0.5) is 0 Å². The second-order valence-electron chi connectivity index (χ2n) is 4.50. The number of H-pyrrole nitrogens is 1. The van der Waals surface area contributed by atoms with E-state index in [0.717, 1.165) is 0 Å². The van der Waals surface area contributed by atoms with Gasteiger partial charge in [-0.1, -0.05) is 0 Å². The fourth-order valence-corrected chi connectivity index (χ4v) is 3.20. The number of hydrogen-bond donors (Lipinski definition) is 1. The Hall–Kier alpha value is -1.67. The average molecular weight is 299 g/mol. The third-order valence-corrected chi connectivity index (χ3v) is 5.21. The van der Waals surface area contributed by atoms with Crippen LogP contribution in [0.2, 0.25) is 0 Å². The van der Waals surface area contributed by atoms with E-state index in [4.69, 9.17) is 0 Å². The van der Waals surface area contributed by atoms with Crippen LogP contribution in [0.3, 0.4) is 0 Å². The molecule has 8 heteroatoms.